The van der Waals surface area contributed by atoms with Gasteiger partial charge in [0, 0.05) is 30.6 Å². The largest absolute Gasteiger partial charge is 0.466 e. The molecule has 1 aromatic rings. The summed E-state index contributed by atoms with van der Waals surface area (Å²) in [6.07, 6.45) is 5.07. The van der Waals surface area contributed by atoms with Crippen molar-refractivity contribution in [1.29, 1.82) is 0 Å². The molecule has 6 rings (SSSR count). The van der Waals surface area contributed by atoms with E-state index in [0.29, 0.717) is 25.3 Å². The topological polar surface area (TPSA) is 87.7 Å². The second kappa shape index (κ2) is 7.78. The van der Waals surface area contributed by atoms with Crippen molar-refractivity contribution < 1.29 is 19.1 Å². The normalized spacial score (nSPS) is 35.6. The average Bonchev–Trinajstić information content (AvgIpc) is 2.78. The molecule has 7 nitrogen and oxygen atoms in total. The molecule has 5 atom stereocenters. The number of ether oxygens (including phenoxy) is 1. The van der Waals surface area contributed by atoms with Gasteiger partial charge < -0.3 is 20.3 Å². The number of nitrogens with one attached hydrogen (secondary N) is 2. The van der Waals surface area contributed by atoms with Crippen LogP contribution in [-0.4, -0.2) is 48.0 Å². The third-order valence-corrected chi connectivity index (χ3v) is 8.32. The number of likely N-dealkylation sites (tertiary alicyclic amines) is 1. The van der Waals surface area contributed by atoms with Gasteiger partial charge in [0.1, 0.15) is 5.66 Å². The highest BCUT2D eigenvalue weighted by atomic mass is 16.5. The highest BCUT2D eigenvalue weighted by Gasteiger charge is 2.60. The SMILES string of the molecule is CCOC(=O)[C@H]1CCCN(C(=O)[C@@H]2C[C@H]3CC[C@@]2(C)C[C@]32NC(=O)c3ccccc3N2)C1. The fraction of sp³-hybridized carbons (Fsp3) is 0.640. The fourth-order valence-electron chi connectivity index (χ4n) is 6.68. The van der Waals surface area contributed by atoms with Gasteiger partial charge in [-0.2, -0.15) is 0 Å². The van der Waals surface area contributed by atoms with E-state index in [1.54, 1.807) is 0 Å². The number of esters is 1. The fourth-order valence-corrected chi connectivity index (χ4v) is 6.68. The van der Waals surface area contributed by atoms with E-state index in [4.69, 9.17) is 4.74 Å². The van der Waals surface area contributed by atoms with Gasteiger partial charge in [0.25, 0.3) is 5.91 Å². The van der Waals surface area contributed by atoms with Gasteiger partial charge in [-0.3, -0.25) is 14.4 Å². The quantitative estimate of drug-likeness (QED) is 0.707. The molecule has 1 aromatic carbocycles. The Bertz CT molecular complexity index is 949. The van der Waals surface area contributed by atoms with Crippen LogP contribution >= 0.6 is 0 Å². The molecule has 2 N–H and O–H groups in total. The van der Waals surface area contributed by atoms with Crippen LogP contribution in [0.2, 0.25) is 0 Å². The minimum atomic E-state index is -0.495. The van der Waals surface area contributed by atoms with Crippen molar-refractivity contribution in [2.45, 2.75) is 58.0 Å². The molecule has 1 spiro atoms. The summed E-state index contributed by atoms with van der Waals surface area (Å²) in [5.41, 5.74) is 0.860. The van der Waals surface area contributed by atoms with Crippen LogP contribution < -0.4 is 10.6 Å². The predicted octanol–water partition coefficient (Wildman–Crippen LogP) is 3.17. The predicted molar refractivity (Wildman–Crippen MR) is 120 cm³/mol. The van der Waals surface area contributed by atoms with Gasteiger partial charge in [-0.1, -0.05) is 19.1 Å². The number of benzene rings is 1. The third kappa shape index (κ3) is 3.37. The molecule has 2 bridgehead atoms. The smallest absolute Gasteiger partial charge is 0.310 e. The molecule has 32 heavy (non-hydrogen) atoms. The number of piperidine rings is 1. The lowest BCUT2D eigenvalue weighted by molar-refractivity contribution is -0.157. The van der Waals surface area contributed by atoms with E-state index in [9.17, 15) is 14.4 Å². The maximum atomic E-state index is 13.7. The number of carbonyl (C=O) groups excluding carboxylic acids is 3. The number of hydrogen-bond donors (Lipinski definition) is 2. The summed E-state index contributed by atoms with van der Waals surface area (Å²) in [4.78, 5) is 40.7. The molecule has 2 heterocycles. The molecule has 5 aliphatic rings. The van der Waals surface area contributed by atoms with Crippen molar-refractivity contribution in [3.8, 4) is 0 Å². The maximum absolute atomic E-state index is 13.7. The molecule has 3 aliphatic carbocycles. The van der Waals surface area contributed by atoms with Crippen LogP contribution in [0.25, 0.3) is 0 Å². The first-order valence-corrected chi connectivity index (χ1v) is 12.0. The molecule has 0 aromatic heterocycles. The molecule has 1 saturated heterocycles. The lowest BCUT2D eigenvalue weighted by Crippen LogP contribution is -2.70. The maximum Gasteiger partial charge on any atom is 0.310 e. The van der Waals surface area contributed by atoms with Gasteiger partial charge >= 0.3 is 5.97 Å². The van der Waals surface area contributed by atoms with Gasteiger partial charge in [0.2, 0.25) is 5.91 Å². The van der Waals surface area contributed by atoms with E-state index in [1.165, 1.54) is 0 Å². The number of amides is 2. The van der Waals surface area contributed by atoms with Crippen LogP contribution in [0.15, 0.2) is 24.3 Å². The van der Waals surface area contributed by atoms with E-state index >= 15 is 0 Å². The number of nitrogens with zero attached hydrogens (tertiary/aromatic N) is 1. The van der Waals surface area contributed by atoms with Crippen molar-refractivity contribution >= 4 is 23.5 Å². The lowest BCUT2D eigenvalue weighted by atomic mass is 9.51. The Morgan fingerprint density at radius 2 is 2.03 bits per heavy atom. The molecule has 2 aliphatic heterocycles. The van der Waals surface area contributed by atoms with E-state index in [1.807, 2.05) is 36.1 Å². The van der Waals surface area contributed by atoms with Gasteiger partial charge in [-0.05, 0) is 63.0 Å². The molecule has 7 heteroatoms. The summed E-state index contributed by atoms with van der Waals surface area (Å²) in [6.45, 7) is 5.56. The zero-order valence-electron chi connectivity index (χ0n) is 19.0. The number of rotatable bonds is 3. The van der Waals surface area contributed by atoms with E-state index in [0.717, 1.165) is 44.2 Å². The zero-order valence-corrected chi connectivity index (χ0v) is 19.0. The molecule has 3 saturated carbocycles. The number of fused-ring (bicyclic) bond motifs is 3. The molecule has 0 radical (unpaired) electrons. The Balaban J connectivity index is 1.34. The van der Waals surface area contributed by atoms with Crippen LogP contribution in [0.4, 0.5) is 5.69 Å². The standard InChI is InChI=1S/C25H33N3O4/c1-3-32-23(31)16-7-6-12-28(14-16)22(30)19-13-17-10-11-24(19,2)15-25(17)26-20-9-5-4-8-18(20)21(29)27-25/h4-5,8-9,16-17,19,26H,3,6-7,10-15H2,1-2H3,(H,27,29)/t16-,17+,19-,24-,25-/m0/s1. The Morgan fingerprint density at radius 3 is 2.81 bits per heavy atom. The second-order valence-electron chi connectivity index (χ2n) is 10.3. The van der Waals surface area contributed by atoms with Crippen LogP contribution in [0.3, 0.4) is 0 Å². The average molecular weight is 440 g/mol. The van der Waals surface area contributed by atoms with Crippen molar-refractivity contribution in [2.24, 2.45) is 23.2 Å². The molecule has 172 valence electrons. The van der Waals surface area contributed by atoms with Gasteiger partial charge in [-0.25, -0.2) is 0 Å². The second-order valence-corrected chi connectivity index (χ2v) is 10.3. The van der Waals surface area contributed by atoms with Crippen LogP contribution in [-0.2, 0) is 14.3 Å². The van der Waals surface area contributed by atoms with Crippen molar-refractivity contribution in [3.05, 3.63) is 29.8 Å². The Kier molecular flexibility index (Phi) is 5.18. The summed E-state index contributed by atoms with van der Waals surface area (Å²) in [6, 6.07) is 7.63. The van der Waals surface area contributed by atoms with Crippen molar-refractivity contribution in [3.63, 3.8) is 0 Å². The van der Waals surface area contributed by atoms with E-state index < -0.39 is 5.66 Å². The summed E-state index contributed by atoms with van der Waals surface area (Å²) >= 11 is 0. The Morgan fingerprint density at radius 1 is 1.22 bits per heavy atom. The number of anilines is 1. The highest BCUT2D eigenvalue weighted by molar-refractivity contribution is 6.02. The van der Waals surface area contributed by atoms with Gasteiger partial charge in [-0.15, -0.1) is 0 Å². The van der Waals surface area contributed by atoms with Crippen molar-refractivity contribution in [1.82, 2.24) is 10.2 Å². The third-order valence-electron chi connectivity index (χ3n) is 8.32. The number of carbonyl (C=O) groups is 3. The zero-order chi connectivity index (χ0) is 22.5. The highest BCUT2D eigenvalue weighted by Crippen LogP contribution is 2.59. The summed E-state index contributed by atoms with van der Waals surface area (Å²) < 4.78 is 5.21. The molecular formula is C25H33N3O4. The monoisotopic (exact) mass is 439 g/mol. The van der Waals surface area contributed by atoms with Crippen LogP contribution in [0.1, 0.15) is 62.7 Å². The minimum Gasteiger partial charge on any atom is -0.466 e. The molecule has 0 unspecified atom stereocenters. The summed E-state index contributed by atoms with van der Waals surface area (Å²) in [5, 5.41) is 6.94. The number of para-hydroxylation sites is 1. The summed E-state index contributed by atoms with van der Waals surface area (Å²) in [5.74, 6) is -0.156. The molecule has 2 amide bonds. The van der Waals surface area contributed by atoms with E-state index in [-0.39, 0.29) is 41.0 Å². The molecule has 4 fully saturated rings. The van der Waals surface area contributed by atoms with Gasteiger partial charge in [0.05, 0.1) is 18.1 Å². The van der Waals surface area contributed by atoms with Gasteiger partial charge in [0.15, 0.2) is 0 Å². The summed E-state index contributed by atoms with van der Waals surface area (Å²) in [7, 11) is 0. The van der Waals surface area contributed by atoms with Crippen molar-refractivity contribution in [2.75, 3.05) is 25.0 Å². The molecular weight excluding hydrogens is 406 g/mol. The van der Waals surface area contributed by atoms with E-state index in [2.05, 4.69) is 17.6 Å². The minimum absolute atomic E-state index is 0.0355. The first-order chi connectivity index (χ1) is 15.3. The first-order valence-electron chi connectivity index (χ1n) is 12.0. The van der Waals surface area contributed by atoms with Crippen LogP contribution in [0, 0.1) is 23.2 Å². The number of hydrogen-bond acceptors (Lipinski definition) is 5. The van der Waals surface area contributed by atoms with Crippen LogP contribution in [0.5, 0.6) is 0 Å². The Labute approximate surface area is 189 Å². The first kappa shape index (κ1) is 21.3. The Hall–Kier alpha value is -2.57. The lowest BCUT2D eigenvalue weighted by Gasteiger charge is -2.61.